The van der Waals surface area contributed by atoms with Gasteiger partial charge in [-0.1, -0.05) is 18.2 Å². The lowest BCUT2D eigenvalue weighted by molar-refractivity contribution is -0.125. The zero-order chi connectivity index (χ0) is 16.6. The summed E-state index contributed by atoms with van der Waals surface area (Å²) in [4.78, 5) is 27.6. The fourth-order valence-corrected chi connectivity index (χ4v) is 3.97. The number of carbonyl (C=O) groups excluding carboxylic acids is 2. The highest BCUT2D eigenvalue weighted by Gasteiger charge is 2.46. The quantitative estimate of drug-likeness (QED) is 0.788. The van der Waals surface area contributed by atoms with Gasteiger partial charge < -0.3 is 9.64 Å². The van der Waals surface area contributed by atoms with E-state index in [0.717, 1.165) is 4.88 Å². The molecule has 0 unspecified atom stereocenters. The number of ketones is 1. The lowest BCUT2D eigenvalue weighted by Crippen LogP contribution is -2.45. The molecule has 0 saturated carbocycles. The third kappa shape index (κ3) is 2.76. The normalized spacial score (nSPS) is 22.8. The molecular weight excluding hydrogens is 322 g/mol. The second-order valence-electron chi connectivity index (χ2n) is 6.24. The molecule has 1 spiro atoms. The van der Waals surface area contributed by atoms with Crippen molar-refractivity contribution in [3.63, 3.8) is 0 Å². The van der Waals surface area contributed by atoms with E-state index >= 15 is 0 Å². The molecule has 2 aliphatic heterocycles. The molecule has 24 heavy (non-hydrogen) atoms. The molecule has 1 saturated heterocycles. The minimum absolute atomic E-state index is 0.0322. The first-order valence-corrected chi connectivity index (χ1v) is 8.85. The van der Waals surface area contributed by atoms with Crippen LogP contribution in [0.3, 0.4) is 0 Å². The number of nitrogens with zero attached hydrogens (tertiary/aromatic N) is 1. The van der Waals surface area contributed by atoms with E-state index < -0.39 is 5.60 Å². The first-order chi connectivity index (χ1) is 11.7. The Balaban J connectivity index is 1.48. The summed E-state index contributed by atoms with van der Waals surface area (Å²) in [5, 5.41) is 1.98. The summed E-state index contributed by atoms with van der Waals surface area (Å²) in [5.41, 5.74) is 0.0724. The van der Waals surface area contributed by atoms with E-state index in [4.69, 9.17) is 4.74 Å². The number of hydrogen-bond donors (Lipinski definition) is 0. The van der Waals surface area contributed by atoms with Crippen molar-refractivity contribution in [2.45, 2.75) is 18.4 Å². The zero-order valence-electron chi connectivity index (χ0n) is 13.1. The summed E-state index contributed by atoms with van der Waals surface area (Å²) in [5.74, 6) is 0.702. The Morgan fingerprint density at radius 3 is 2.96 bits per heavy atom. The van der Waals surface area contributed by atoms with Gasteiger partial charge in [0.2, 0.25) is 5.91 Å². The smallest absolute Gasteiger partial charge is 0.246 e. The fraction of sp³-hybridized carbons (Fsp3) is 0.263. The van der Waals surface area contributed by atoms with Gasteiger partial charge in [0.15, 0.2) is 5.78 Å². The molecule has 1 aromatic carbocycles. The lowest BCUT2D eigenvalue weighted by Gasteiger charge is -2.34. The monoisotopic (exact) mass is 339 g/mol. The van der Waals surface area contributed by atoms with Gasteiger partial charge in [-0.15, -0.1) is 11.3 Å². The molecule has 1 atom stereocenters. The van der Waals surface area contributed by atoms with Crippen molar-refractivity contribution >= 4 is 29.1 Å². The molecule has 0 radical (unpaired) electrons. The maximum Gasteiger partial charge on any atom is 0.246 e. The number of fused-ring (bicyclic) bond motifs is 1. The van der Waals surface area contributed by atoms with Crippen molar-refractivity contribution in [2.75, 3.05) is 13.1 Å². The average Bonchev–Trinajstić information content (AvgIpc) is 3.23. The van der Waals surface area contributed by atoms with Crippen molar-refractivity contribution in [1.29, 1.82) is 0 Å². The Kier molecular flexibility index (Phi) is 3.73. The molecule has 4 nitrogen and oxygen atoms in total. The van der Waals surface area contributed by atoms with Gasteiger partial charge in [0.05, 0.1) is 18.5 Å². The van der Waals surface area contributed by atoms with Gasteiger partial charge in [-0.2, -0.15) is 0 Å². The topological polar surface area (TPSA) is 46.6 Å². The number of para-hydroxylation sites is 1. The summed E-state index contributed by atoms with van der Waals surface area (Å²) in [6.07, 6.45) is 4.46. The molecule has 2 aromatic rings. The molecule has 4 rings (SSSR count). The van der Waals surface area contributed by atoms with Crippen molar-refractivity contribution < 1.29 is 14.3 Å². The zero-order valence-corrected chi connectivity index (χ0v) is 13.9. The molecule has 0 bridgehead atoms. The molecule has 1 fully saturated rings. The number of hydrogen-bond acceptors (Lipinski definition) is 4. The van der Waals surface area contributed by atoms with Crippen LogP contribution in [0.2, 0.25) is 0 Å². The lowest BCUT2D eigenvalue weighted by atomic mass is 9.89. The Hall–Kier alpha value is -2.40. The average molecular weight is 339 g/mol. The standard InChI is InChI=1S/C19H17NO3S/c21-16-12-19(23-17-6-2-1-5-15(16)17)9-10-20(13-19)18(22)8-7-14-4-3-11-24-14/h1-8,11H,9-10,12-13H2/b8-7+/t19-/m0/s1. The van der Waals surface area contributed by atoms with Gasteiger partial charge in [-0.05, 0) is 29.7 Å². The van der Waals surface area contributed by atoms with Crippen LogP contribution in [0.25, 0.3) is 6.08 Å². The highest BCUT2D eigenvalue weighted by Crippen LogP contribution is 2.38. The summed E-state index contributed by atoms with van der Waals surface area (Å²) in [6, 6.07) is 11.3. The highest BCUT2D eigenvalue weighted by molar-refractivity contribution is 7.10. The Labute approximate surface area is 144 Å². The van der Waals surface area contributed by atoms with Crippen LogP contribution in [0, 0.1) is 0 Å². The number of Topliss-reactive ketones (excluding diaryl/α,β-unsaturated/α-hetero) is 1. The minimum Gasteiger partial charge on any atom is -0.484 e. The molecular formula is C19H17NO3S. The summed E-state index contributed by atoms with van der Waals surface area (Å²) >= 11 is 1.59. The van der Waals surface area contributed by atoms with E-state index in [0.29, 0.717) is 37.2 Å². The molecule has 2 aliphatic rings. The van der Waals surface area contributed by atoms with Crippen LogP contribution in [0.5, 0.6) is 5.75 Å². The van der Waals surface area contributed by atoms with Crippen LogP contribution in [0.4, 0.5) is 0 Å². The van der Waals surface area contributed by atoms with Crippen LogP contribution in [-0.4, -0.2) is 35.3 Å². The van der Waals surface area contributed by atoms with Crippen molar-refractivity contribution in [3.05, 3.63) is 58.3 Å². The maximum atomic E-state index is 12.4. The van der Waals surface area contributed by atoms with E-state index in [1.54, 1.807) is 28.4 Å². The molecule has 0 aliphatic carbocycles. The van der Waals surface area contributed by atoms with E-state index in [-0.39, 0.29) is 11.7 Å². The fourth-order valence-electron chi connectivity index (χ4n) is 3.35. The number of amides is 1. The number of rotatable bonds is 2. The molecule has 1 aromatic heterocycles. The van der Waals surface area contributed by atoms with Gasteiger partial charge in [-0.3, -0.25) is 9.59 Å². The van der Waals surface area contributed by atoms with Crippen molar-refractivity contribution in [2.24, 2.45) is 0 Å². The summed E-state index contributed by atoms with van der Waals surface area (Å²) < 4.78 is 6.14. The first kappa shape index (κ1) is 15.1. The van der Waals surface area contributed by atoms with E-state index in [1.165, 1.54) is 0 Å². The van der Waals surface area contributed by atoms with Crippen LogP contribution in [0.1, 0.15) is 28.1 Å². The van der Waals surface area contributed by atoms with Crippen molar-refractivity contribution in [1.82, 2.24) is 4.90 Å². The molecule has 0 N–H and O–H groups in total. The minimum atomic E-state index is -0.572. The summed E-state index contributed by atoms with van der Waals surface area (Å²) in [6.45, 7) is 1.07. The number of ether oxygens (including phenoxy) is 1. The predicted molar refractivity (Wildman–Crippen MR) is 93.3 cm³/mol. The third-order valence-corrected chi connectivity index (χ3v) is 5.40. The molecule has 122 valence electrons. The molecule has 5 heteroatoms. The van der Waals surface area contributed by atoms with Gasteiger partial charge in [0.25, 0.3) is 0 Å². The third-order valence-electron chi connectivity index (χ3n) is 4.56. The number of thiophene rings is 1. The number of benzene rings is 1. The predicted octanol–water partition coefficient (Wildman–Crippen LogP) is 3.40. The van der Waals surface area contributed by atoms with Gasteiger partial charge in [0.1, 0.15) is 11.4 Å². The Bertz CT molecular complexity index is 812. The van der Waals surface area contributed by atoms with Crippen LogP contribution >= 0.6 is 11.3 Å². The first-order valence-electron chi connectivity index (χ1n) is 7.97. The largest absolute Gasteiger partial charge is 0.484 e. The van der Waals surface area contributed by atoms with E-state index in [1.807, 2.05) is 41.8 Å². The number of likely N-dealkylation sites (tertiary alicyclic amines) is 1. The van der Waals surface area contributed by atoms with Crippen LogP contribution in [0.15, 0.2) is 47.9 Å². The Morgan fingerprint density at radius 2 is 2.12 bits per heavy atom. The van der Waals surface area contributed by atoms with E-state index in [2.05, 4.69) is 0 Å². The Morgan fingerprint density at radius 1 is 1.25 bits per heavy atom. The second kappa shape index (κ2) is 5.91. The summed E-state index contributed by atoms with van der Waals surface area (Å²) in [7, 11) is 0. The van der Waals surface area contributed by atoms with Gasteiger partial charge in [0, 0.05) is 23.9 Å². The van der Waals surface area contributed by atoms with Gasteiger partial charge in [-0.25, -0.2) is 0 Å². The second-order valence-corrected chi connectivity index (χ2v) is 7.22. The van der Waals surface area contributed by atoms with Crippen molar-refractivity contribution in [3.8, 4) is 5.75 Å². The maximum absolute atomic E-state index is 12.4. The molecule has 3 heterocycles. The van der Waals surface area contributed by atoms with E-state index in [9.17, 15) is 9.59 Å². The highest BCUT2D eigenvalue weighted by atomic mass is 32.1. The van der Waals surface area contributed by atoms with Crippen LogP contribution < -0.4 is 4.74 Å². The number of carbonyl (C=O) groups is 2. The van der Waals surface area contributed by atoms with Gasteiger partial charge >= 0.3 is 0 Å². The molecule has 1 amide bonds. The SMILES string of the molecule is O=C1C[C@]2(CCN(C(=O)/C=C/c3cccs3)C2)Oc2ccccc21. The van der Waals surface area contributed by atoms with Crippen LogP contribution in [-0.2, 0) is 4.79 Å².